The van der Waals surface area contributed by atoms with Crippen molar-refractivity contribution in [1.82, 2.24) is 9.97 Å². The van der Waals surface area contributed by atoms with Gasteiger partial charge in [0.15, 0.2) is 0 Å². The Morgan fingerprint density at radius 2 is 1.92 bits per heavy atom. The van der Waals surface area contributed by atoms with E-state index in [9.17, 15) is 15.3 Å². The van der Waals surface area contributed by atoms with Crippen LogP contribution in [0.2, 0.25) is 0 Å². The molecule has 0 aliphatic carbocycles. The van der Waals surface area contributed by atoms with Crippen LogP contribution in [0.5, 0.6) is 5.75 Å². The Bertz CT molecular complexity index is 1090. The predicted molar refractivity (Wildman–Crippen MR) is 94.9 cm³/mol. The summed E-state index contributed by atoms with van der Waals surface area (Å²) in [5.74, 6) is 0.436. The van der Waals surface area contributed by atoms with Crippen molar-refractivity contribution in [3.8, 4) is 29.0 Å². The molecule has 0 saturated carbocycles. The lowest BCUT2D eigenvalue weighted by Crippen LogP contribution is -2.16. The lowest BCUT2D eigenvalue weighted by molar-refractivity contribution is 0.301. The van der Waals surface area contributed by atoms with Crippen LogP contribution in [0.15, 0.2) is 53.5 Å². The average Bonchev–Trinajstić information content (AvgIpc) is 2.67. The second-order valence-corrected chi connectivity index (χ2v) is 5.35. The second kappa shape index (κ2) is 7.20. The quantitative estimate of drug-likeness (QED) is 0.748. The van der Waals surface area contributed by atoms with Crippen molar-refractivity contribution in [3.63, 3.8) is 0 Å². The molecule has 0 aliphatic heterocycles. The lowest BCUT2D eigenvalue weighted by Gasteiger charge is -2.11. The molecule has 1 aromatic carbocycles. The number of anilines is 1. The highest BCUT2D eigenvalue weighted by Gasteiger charge is 2.18. The molecule has 7 nitrogen and oxygen atoms in total. The number of H-pyrrole nitrogens is 1. The number of nitriles is 2. The normalized spacial score (nSPS) is 9.92. The van der Waals surface area contributed by atoms with Crippen LogP contribution in [0.3, 0.4) is 0 Å². The molecule has 3 N–H and O–H groups in total. The molecule has 3 rings (SSSR count). The Kier molecular flexibility index (Phi) is 4.64. The van der Waals surface area contributed by atoms with E-state index in [1.165, 1.54) is 0 Å². The zero-order chi connectivity index (χ0) is 18.5. The molecule has 0 saturated heterocycles. The van der Waals surface area contributed by atoms with E-state index < -0.39 is 5.56 Å². The van der Waals surface area contributed by atoms with Gasteiger partial charge in [0, 0.05) is 11.8 Å². The van der Waals surface area contributed by atoms with Crippen molar-refractivity contribution in [3.05, 3.63) is 75.8 Å². The number of nitrogen functional groups attached to an aromatic ring is 1. The summed E-state index contributed by atoms with van der Waals surface area (Å²) in [6.07, 6.45) is 1.67. The molecule has 0 amide bonds. The van der Waals surface area contributed by atoms with Crippen LogP contribution in [-0.2, 0) is 6.61 Å². The number of benzene rings is 1. The number of aromatic nitrogens is 2. The van der Waals surface area contributed by atoms with Crippen LogP contribution < -0.4 is 16.0 Å². The highest BCUT2D eigenvalue weighted by molar-refractivity contribution is 5.80. The van der Waals surface area contributed by atoms with Gasteiger partial charge in [-0.05, 0) is 29.8 Å². The van der Waals surface area contributed by atoms with Gasteiger partial charge in [0.25, 0.3) is 5.56 Å². The van der Waals surface area contributed by atoms with E-state index in [2.05, 4.69) is 9.97 Å². The summed E-state index contributed by atoms with van der Waals surface area (Å²) in [6.45, 7) is 0.262. The first-order valence-corrected chi connectivity index (χ1v) is 7.63. The van der Waals surface area contributed by atoms with Crippen molar-refractivity contribution >= 4 is 5.82 Å². The minimum absolute atomic E-state index is 0.0445. The van der Waals surface area contributed by atoms with Crippen LogP contribution in [0.1, 0.15) is 16.8 Å². The maximum atomic E-state index is 12.0. The largest absolute Gasteiger partial charge is 0.487 e. The molecular formula is C19H13N5O2. The molecule has 0 aliphatic rings. The molecule has 0 fully saturated rings. The first-order valence-electron chi connectivity index (χ1n) is 7.63. The first kappa shape index (κ1) is 16.7. The Morgan fingerprint density at radius 1 is 1.12 bits per heavy atom. The molecule has 126 valence electrons. The summed E-state index contributed by atoms with van der Waals surface area (Å²) in [6, 6.07) is 16.1. The minimum atomic E-state index is -0.640. The maximum Gasteiger partial charge on any atom is 0.268 e. The van der Waals surface area contributed by atoms with Gasteiger partial charge in [-0.3, -0.25) is 9.78 Å². The van der Waals surface area contributed by atoms with Gasteiger partial charge in [0.2, 0.25) is 0 Å². The predicted octanol–water partition coefficient (Wildman–Crippen LogP) is 2.34. The van der Waals surface area contributed by atoms with Crippen LogP contribution in [0.25, 0.3) is 11.1 Å². The fourth-order valence-electron chi connectivity index (χ4n) is 2.51. The molecule has 0 bridgehead atoms. The third-order valence-electron chi connectivity index (χ3n) is 3.70. The standard InChI is InChI=1S/C19H13N5O2/c20-9-15-17(16(10-21)19(25)24-18(15)22)12-4-3-6-14(8-12)26-11-13-5-1-2-7-23-13/h1-8H,11H2,(H3,22,24,25). The van der Waals surface area contributed by atoms with E-state index in [1.807, 2.05) is 30.3 Å². The summed E-state index contributed by atoms with van der Waals surface area (Å²) in [5, 5.41) is 18.7. The summed E-state index contributed by atoms with van der Waals surface area (Å²) in [7, 11) is 0. The van der Waals surface area contributed by atoms with E-state index in [4.69, 9.17) is 10.5 Å². The zero-order valence-corrected chi connectivity index (χ0v) is 13.6. The van der Waals surface area contributed by atoms with Crippen LogP contribution in [0.4, 0.5) is 5.82 Å². The van der Waals surface area contributed by atoms with Crippen molar-refractivity contribution in [2.24, 2.45) is 0 Å². The molecule has 26 heavy (non-hydrogen) atoms. The van der Waals surface area contributed by atoms with Gasteiger partial charge in [0.1, 0.15) is 41.4 Å². The minimum Gasteiger partial charge on any atom is -0.487 e. The smallest absolute Gasteiger partial charge is 0.268 e. The van der Waals surface area contributed by atoms with E-state index in [1.54, 1.807) is 30.5 Å². The summed E-state index contributed by atoms with van der Waals surface area (Å²) in [5.41, 5.74) is 6.42. The third-order valence-corrected chi connectivity index (χ3v) is 3.70. The molecular weight excluding hydrogens is 330 g/mol. The van der Waals surface area contributed by atoms with Gasteiger partial charge in [0.05, 0.1) is 5.69 Å². The first-order chi connectivity index (χ1) is 12.6. The number of hydrogen-bond acceptors (Lipinski definition) is 6. The molecule has 3 aromatic rings. The van der Waals surface area contributed by atoms with E-state index in [0.29, 0.717) is 11.3 Å². The SMILES string of the molecule is N#Cc1c(N)[nH]c(=O)c(C#N)c1-c1cccc(OCc2ccccn2)c1. The van der Waals surface area contributed by atoms with E-state index >= 15 is 0 Å². The summed E-state index contributed by atoms with van der Waals surface area (Å²) >= 11 is 0. The maximum absolute atomic E-state index is 12.0. The second-order valence-electron chi connectivity index (χ2n) is 5.35. The Hall–Kier alpha value is -4.10. The molecule has 0 unspecified atom stereocenters. The van der Waals surface area contributed by atoms with Gasteiger partial charge in [-0.25, -0.2) is 0 Å². The third kappa shape index (κ3) is 3.23. The summed E-state index contributed by atoms with van der Waals surface area (Å²) < 4.78 is 5.72. The Balaban J connectivity index is 2.03. The van der Waals surface area contributed by atoms with Gasteiger partial charge in [-0.2, -0.15) is 10.5 Å². The number of nitrogens with one attached hydrogen (secondary N) is 1. The number of hydrogen-bond donors (Lipinski definition) is 2. The average molecular weight is 343 g/mol. The van der Waals surface area contributed by atoms with Gasteiger partial charge >= 0.3 is 0 Å². The number of rotatable bonds is 4. The van der Waals surface area contributed by atoms with Crippen LogP contribution in [-0.4, -0.2) is 9.97 Å². The van der Waals surface area contributed by atoms with Gasteiger partial charge < -0.3 is 15.5 Å². The van der Waals surface area contributed by atoms with Crippen molar-refractivity contribution in [2.75, 3.05) is 5.73 Å². The number of aromatic amines is 1. The molecule has 7 heteroatoms. The monoisotopic (exact) mass is 343 g/mol. The fourth-order valence-corrected chi connectivity index (χ4v) is 2.51. The molecule has 0 radical (unpaired) electrons. The Morgan fingerprint density at radius 3 is 2.62 bits per heavy atom. The number of nitrogens with zero attached hydrogens (tertiary/aromatic N) is 3. The number of pyridine rings is 2. The lowest BCUT2D eigenvalue weighted by atomic mass is 9.96. The van der Waals surface area contributed by atoms with E-state index in [0.717, 1.165) is 5.69 Å². The Labute approximate surface area is 148 Å². The number of nitrogens with two attached hydrogens (primary N) is 1. The molecule has 2 aromatic heterocycles. The zero-order valence-electron chi connectivity index (χ0n) is 13.6. The molecule has 0 spiro atoms. The topological polar surface area (TPSA) is 129 Å². The van der Waals surface area contributed by atoms with Crippen molar-refractivity contribution in [2.45, 2.75) is 6.61 Å². The highest BCUT2D eigenvalue weighted by atomic mass is 16.5. The van der Waals surface area contributed by atoms with E-state index in [-0.39, 0.29) is 29.1 Å². The van der Waals surface area contributed by atoms with Crippen molar-refractivity contribution < 1.29 is 4.74 Å². The van der Waals surface area contributed by atoms with Gasteiger partial charge in [-0.15, -0.1) is 0 Å². The summed E-state index contributed by atoms with van der Waals surface area (Å²) in [4.78, 5) is 18.5. The van der Waals surface area contributed by atoms with Crippen LogP contribution in [0, 0.1) is 22.7 Å². The molecule has 2 heterocycles. The van der Waals surface area contributed by atoms with Crippen LogP contribution >= 0.6 is 0 Å². The van der Waals surface area contributed by atoms with Crippen molar-refractivity contribution in [1.29, 1.82) is 10.5 Å². The van der Waals surface area contributed by atoms with Gasteiger partial charge in [-0.1, -0.05) is 18.2 Å². The molecule has 0 atom stereocenters. The highest BCUT2D eigenvalue weighted by Crippen LogP contribution is 2.30. The number of ether oxygens (including phenoxy) is 1. The fraction of sp³-hybridized carbons (Fsp3) is 0.0526.